The molecule has 2 aliphatic rings. The molecule has 3 amide bonds. The minimum Gasteiger partial charge on any atom is -0.494 e. The molecular formula is C22H33N3O3. The molecule has 0 spiro atoms. The lowest BCUT2D eigenvalue weighted by Gasteiger charge is -2.25. The van der Waals surface area contributed by atoms with Gasteiger partial charge >= 0.3 is 6.03 Å². The standard InChI is InChI=1S/C22H33N3O3/c1-3-4-12-28-20-11-7-8-18(14-20)23-22(27)24(2)15-17-13-21(26)25(16-17)19-9-5-6-10-19/h7-8,11,14,17,19H,3-6,9-10,12-13,15-16H2,1-2H3,(H,23,27)/t17-/m1/s1. The van der Waals surface area contributed by atoms with Crippen LogP contribution in [0.5, 0.6) is 5.75 Å². The zero-order valence-corrected chi connectivity index (χ0v) is 17.2. The Balaban J connectivity index is 1.48. The third-order valence-corrected chi connectivity index (χ3v) is 5.73. The summed E-state index contributed by atoms with van der Waals surface area (Å²) >= 11 is 0. The molecule has 0 aromatic heterocycles. The first-order valence-electron chi connectivity index (χ1n) is 10.6. The van der Waals surface area contributed by atoms with E-state index in [0.717, 1.165) is 43.7 Å². The van der Waals surface area contributed by atoms with Crippen molar-refractivity contribution in [2.24, 2.45) is 5.92 Å². The van der Waals surface area contributed by atoms with Crippen molar-refractivity contribution in [3.63, 3.8) is 0 Å². The fourth-order valence-electron chi connectivity index (χ4n) is 4.19. The lowest BCUT2D eigenvalue weighted by atomic mass is 10.1. The molecule has 0 unspecified atom stereocenters. The largest absolute Gasteiger partial charge is 0.494 e. The third-order valence-electron chi connectivity index (χ3n) is 5.73. The van der Waals surface area contributed by atoms with Crippen molar-refractivity contribution < 1.29 is 14.3 Å². The van der Waals surface area contributed by atoms with E-state index >= 15 is 0 Å². The van der Waals surface area contributed by atoms with Gasteiger partial charge in [-0.25, -0.2) is 4.79 Å². The van der Waals surface area contributed by atoms with Crippen LogP contribution in [0, 0.1) is 5.92 Å². The number of rotatable bonds is 8. The van der Waals surface area contributed by atoms with Crippen molar-refractivity contribution >= 4 is 17.6 Å². The molecule has 6 heteroatoms. The maximum atomic E-state index is 12.6. The van der Waals surface area contributed by atoms with Gasteiger partial charge < -0.3 is 19.9 Å². The average molecular weight is 388 g/mol. The van der Waals surface area contributed by atoms with Gasteiger partial charge in [-0.05, 0) is 31.4 Å². The highest BCUT2D eigenvalue weighted by Crippen LogP contribution is 2.29. The van der Waals surface area contributed by atoms with Gasteiger partial charge in [-0.1, -0.05) is 32.3 Å². The monoisotopic (exact) mass is 387 g/mol. The molecule has 1 saturated heterocycles. The number of amides is 3. The SMILES string of the molecule is CCCCOc1cccc(NC(=O)N(C)C[C@H]2CC(=O)N(C3CCCC3)C2)c1. The molecule has 0 radical (unpaired) electrons. The number of carbonyl (C=O) groups is 2. The number of hydrogen-bond acceptors (Lipinski definition) is 3. The second-order valence-corrected chi connectivity index (χ2v) is 8.10. The minimum absolute atomic E-state index is 0.155. The summed E-state index contributed by atoms with van der Waals surface area (Å²) in [6.07, 6.45) is 7.36. The number of unbranched alkanes of at least 4 members (excludes halogenated alkanes) is 1. The van der Waals surface area contributed by atoms with Gasteiger partial charge in [-0.15, -0.1) is 0 Å². The second-order valence-electron chi connectivity index (χ2n) is 8.10. The summed E-state index contributed by atoms with van der Waals surface area (Å²) in [5.74, 6) is 1.23. The average Bonchev–Trinajstić information content (AvgIpc) is 3.32. The first-order chi connectivity index (χ1) is 13.6. The number of likely N-dealkylation sites (tertiary alicyclic amines) is 1. The molecule has 2 fully saturated rings. The Hall–Kier alpha value is -2.24. The van der Waals surface area contributed by atoms with E-state index in [1.807, 2.05) is 24.3 Å². The number of hydrogen-bond donors (Lipinski definition) is 1. The van der Waals surface area contributed by atoms with Crippen LogP contribution in [0.3, 0.4) is 0 Å². The quantitative estimate of drug-likeness (QED) is 0.683. The van der Waals surface area contributed by atoms with Gasteiger partial charge in [0, 0.05) is 50.3 Å². The highest BCUT2D eigenvalue weighted by Gasteiger charge is 2.36. The van der Waals surface area contributed by atoms with Crippen molar-refractivity contribution in [2.75, 3.05) is 32.1 Å². The van der Waals surface area contributed by atoms with E-state index in [9.17, 15) is 9.59 Å². The van der Waals surface area contributed by atoms with Crippen molar-refractivity contribution in [2.45, 2.75) is 57.9 Å². The van der Waals surface area contributed by atoms with Crippen LogP contribution in [0.4, 0.5) is 10.5 Å². The lowest BCUT2D eigenvalue weighted by molar-refractivity contribution is -0.129. The van der Waals surface area contributed by atoms with Crippen LogP contribution in [0.1, 0.15) is 51.9 Å². The van der Waals surface area contributed by atoms with Crippen LogP contribution in [0.15, 0.2) is 24.3 Å². The van der Waals surface area contributed by atoms with Gasteiger partial charge in [0.1, 0.15) is 5.75 Å². The topological polar surface area (TPSA) is 61.9 Å². The van der Waals surface area contributed by atoms with E-state index in [4.69, 9.17) is 4.74 Å². The summed E-state index contributed by atoms with van der Waals surface area (Å²) in [4.78, 5) is 28.7. The first kappa shape index (κ1) is 20.5. The number of benzene rings is 1. The Labute approximate surface area is 168 Å². The highest BCUT2D eigenvalue weighted by molar-refractivity contribution is 5.89. The number of nitrogens with one attached hydrogen (secondary N) is 1. The summed E-state index contributed by atoms with van der Waals surface area (Å²) in [7, 11) is 1.79. The van der Waals surface area contributed by atoms with Crippen LogP contribution >= 0.6 is 0 Å². The smallest absolute Gasteiger partial charge is 0.321 e. The van der Waals surface area contributed by atoms with E-state index < -0.39 is 0 Å². The number of nitrogens with zero attached hydrogens (tertiary/aromatic N) is 2. The maximum Gasteiger partial charge on any atom is 0.321 e. The van der Waals surface area contributed by atoms with E-state index in [1.54, 1.807) is 11.9 Å². The van der Waals surface area contributed by atoms with Crippen LogP contribution in [-0.2, 0) is 4.79 Å². The number of ether oxygens (including phenoxy) is 1. The number of anilines is 1. The summed E-state index contributed by atoms with van der Waals surface area (Å²) in [6.45, 7) is 4.18. The van der Waals surface area contributed by atoms with Gasteiger partial charge in [-0.2, -0.15) is 0 Å². The maximum absolute atomic E-state index is 12.6. The minimum atomic E-state index is -0.155. The summed E-state index contributed by atoms with van der Waals surface area (Å²) in [5.41, 5.74) is 0.723. The van der Waals surface area contributed by atoms with Gasteiger partial charge in [0.2, 0.25) is 5.91 Å². The molecule has 1 atom stereocenters. The normalized spacial score (nSPS) is 19.9. The molecule has 28 heavy (non-hydrogen) atoms. The molecule has 154 valence electrons. The van der Waals surface area contributed by atoms with E-state index in [-0.39, 0.29) is 17.9 Å². The van der Waals surface area contributed by atoms with Crippen LogP contribution in [0.2, 0.25) is 0 Å². The Bertz CT molecular complexity index is 673. The molecule has 1 aliphatic heterocycles. The molecule has 0 bridgehead atoms. The second kappa shape index (κ2) is 9.80. The molecule has 6 nitrogen and oxygen atoms in total. The van der Waals surface area contributed by atoms with E-state index in [2.05, 4.69) is 17.1 Å². The zero-order chi connectivity index (χ0) is 19.9. The molecule has 1 saturated carbocycles. The van der Waals surface area contributed by atoms with Crippen molar-refractivity contribution in [1.82, 2.24) is 9.80 Å². The number of carbonyl (C=O) groups excluding carboxylic acids is 2. The predicted octanol–water partition coefficient (Wildman–Crippen LogP) is 4.12. The first-order valence-corrected chi connectivity index (χ1v) is 10.6. The molecule has 1 aromatic carbocycles. The Morgan fingerprint density at radius 3 is 2.86 bits per heavy atom. The van der Waals surface area contributed by atoms with Crippen molar-refractivity contribution in [3.05, 3.63) is 24.3 Å². The third kappa shape index (κ3) is 5.40. The van der Waals surface area contributed by atoms with Crippen LogP contribution < -0.4 is 10.1 Å². The zero-order valence-electron chi connectivity index (χ0n) is 17.2. The predicted molar refractivity (Wildman–Crippen MR) is 111 cm³/mol. The molecular weight excluding hydrogens is 354 g/mol. The van der Waals surface area contributed by atoms with Crippen molar-refractivity contribution in [1.29, 1.82) is 0 Å². The van der Waals surface area contributed by atoms with Crippen LogP contribution in [-0.4, -0.2) is 54.5 Å². The molecule has 1 aromatic rings. The molecule has 3 rings (SSSR count). The van der Waals surface area contributed by atoms with Gasteiger partial charge in [0.05, 0.1) is 6.61 Å². The Morgan fingerprint density at radius 2 is 2.11 bits per heavy atom. The van der Waals surface area contributed by atoms with Gasteiger partial charge in [0.25, 0.3) is 0 Å². The molecule has 1 N–H and O–H groups in total. The number of urea groups is 1. The summed E-state index contributed by atoms with van der Waals surface area (Å²) in [5, 5.41) is 2.93. The lowest BCUT2D eigenvalue weighted by Crippen LogP contribution is -2.37. The Kier molecular flexibility index (Phi) is 7.18. The van der Waals surface area contributed by atoms with E-state index in [0.29, 0.717) is 25.6 Å². The fourth-order valence-corrected chi connectivity index (χ4v) is 4.19. The summed E-state index contributed by atoms with van der Waals surface area (Å²) < 4.78 is 5.70. The molecule has 1 heterocycles. The fraction of sp³-hybridized carbons (Fsp3) is 0.636. The summed E-state index contributed by atoms with van der Waals surface area (Å²) in [6, 6.07) is 7.76. The highest BCUT2D eigenvalue weighted by atomic mass is 16.5. The van der Waals surface area contributed by atoms with E-state index in [1.165, 1.54) is 12.8 Å². The van der Waals surface area contributed by atoms with Crippen molar-refractivity contribution in [3.8, 4) is 5.75 Å². The Morgan fingerprint density at radius 1 is 1.32 bits per heavy atom. The molecule has 1 aliphatic carbocycles. The van der Waals surface area contributed by atoms with Gasteiger partial charge in [0.15, 0.2) is 0 Å². The van der Waals surface area contributed by atoms with Crippen LogP contribution in [0.25, 0.3) is 0 Å². The van der Waals surface area contributed by atoms with Gasteiger partial charge in [-0.3, -0.25) is 4.79 Å².